The van der Waals surface area contributed by atoms with Crippen LogP contribution in [-0.4, -0.2) is 47.4 Å². The Morgan fingerprint density at radius 3 is 2.10 bits per heavy atom. The Labute approximate surface area is 169 Å². The predicted molar refractivity (Wildman–Crippen MR) is 103 cm³/mol. The van der Waals surface area contributed by atoms with Gasteiger partial charge in [0.1, 0.15) is 11.5 Å². The molecule has 29 heavy (non-hydrogen) atoms. The Hall–Kier alpha value is -2.57. The minimum Gasteiger partial charge on any atom is -0.497 e. The molecule has 5 aliphatic rings. The first-order valence-corrected chi connectivity index (χ1v) is 10.3. The second kappa shape index (κ2) is 6.47. The number of benzene rings is 1. The number of urea groups is 1. The van der Waals surface area contributed by atoms with Crippen LogP contribution < -0.4 is 9.47 Å². The van der Waals surface area contributed by atoms with Gasteiger partial charge in [-0.1, -0.05) is 0 Å². The molecule has 0 radical (unpaired) electrons. The Morgan fingerprint density at radius 2 is 1.55 bits per heavy atom. The highest BCUT2D eigenvalue weighted by atomic mass is 16.5. The van der Waals surface area contributed by atoms with Crippen LogP contribution in [0, 0.1) is 17.8 Å². The molecule has 154 valence electrons. The van der Waals surface area contributed by atoms with Gasteiger partial charge in [0, 0.05) is 5.56 Å². The largest absolute Gasteiger partial charge is 0.497 e. The van der Waals surface area contributed by atoms with E-state index in [1.807, 2.05) is 0 Å². The average Bonchev–Trinajstić information content (AvgIpc) is 2.90. The first-order chi connectivity index (χ1) is 13.9. The quantitative estimate of drug-likeness (QED) is 0.563. The number of ether oxygens (including phenoxy) is 2. The predicted octanol–water partition coefficient (Wildman–Crippen LogP) is 2.96. The number of methoxy groups -OCH3 is 2. The van der Waals surface area contributed by atoms with Crippen molar-refractivity contribution in [1.29, 1.82) is 0 Å². The van der Waals surface area contributed by atoms with Gasteiger partial charge < -0.3 is 9.47 Å². The Bertz CT molecular complexity index is 860. The zero-order valence-corrected chi connectivity index (χ0v) is 16.8. The third-order valence-corrected chi connectivity index (χ3v) is 7.35. The third kappa shape index (κ3) is 2.74. The van der Waals surface area contributed by atoms with E-state index in [9.17, 15) is 14.4 Å². The number of hydrogen-bond acceptors (Lipinski definition) is 5. The van der Waals surface area contributed by atoms with Crippen LogP contribution in [0.1, 0.15) is 44.1 Å². The molecule has 0 atom stereocenters. The standard InChI is InChI=1S/C22H26N2O5/c1-28-17-3-4-18(29-2)16(8-17)12-23-19(25)20(26)24(21(23)27)22-9-13-5-14(10-22)7-15(6-13)11-22/h3-4,8,13-15H,5-7,9-12H2,1-2H3. The molecule has 1 aromatic rings. The number of carbonyl (C=O) groups excluding carboxylic acids is 3. The molecule has 6 rings (SSSR count). The Morgan fingerprint density at radius 1 is 0.931 bits per heavy atom. The van der Waals surface area contributed by atoms with E-state index >= 15 is 0 Å². The molecular weight excluding hydrogens is 372 g/mol. The highest BCUT2D eigenvalue weighted by Crippen LogP contribution is 2.58. The second-order valence-corrected chi connectivity index (χ2v) is 9.13. The van der Waals surface area contributed by atoms with E-state index in [0.717, 1.165) is 24.2 Å². The van der Waals surface area contributed by atoms with Crippen LogP contribution in [0.15, 0.2) is 18.2 Å². The molecule has 0 aromatic heterocycles. The van der Waals surface area contributed by atoms with Gasteiger partial charge in [0.25, 0.3) is 0 Å². The summed E-state index contributed by atoms with van der Waals surface area (Å²) in [4.78, 5) is 41.5. The van der Waals surface area contributed by atoms with E-state index in [1.54, 1.807) is 25.3 Å². The maximum absolute atomic E-state index is 13.3. The Balaban J connectivity index is 1.45. The maximum atomic E-state index is 13.3. The molecule has 4 saturated carbocycles. The normalized spacial score (nSPS) is 33.0. The molecule has 4 aliphatic carbocycles. The fourth-order valence-corrected chi connectivity index (χ4v) is 6.58. The first-order valence-electron chi connectivity index (χ1n) is 10.3. The van der Waals surface area contributed by atoms with Crippen LogP contribution in [-0.2, 0) is 16.1 Å². The van der Waals surface area contributed by atoms with Crippen LogP contribution in [0.4, 0.5) is 4.79 Å². The molecule has 1 aliphatic heterocycles. The lowest BCUT2D eigenvalue weighted by Crippen LogP contribution is -2.61. The molecule has 5 fully saturated rings. The van der Waals surface area contributed by atoms with Crippen molar-refractivity contribution in [2.24, 2.45) is 17.8 Å². The van der Waals surface area contributed by atoms with Crippen molar-refractivity contribution in [3.63, 3.8) is 0 Å². The van der Waals surface area contributed by atoms with Gasteiger partial charge in [0.2, 0.25) is 0 Å². The summed E-state index contributed by atoms with van der Waals surface area (Å²) in [7, 11) is 3.09. The molecule has 1 aromatic carbocycles. The monoisotopic (exact) mass is 398 g/mol. The highest BCUT2D eigenvalue weighted by molar-refractivity contribution is 6.44. The van der Waals surface area contributed by atoms with Crippen molar-refractivity contribution >= 4 is 17.8 Å². The van der Waals surface area contributed by atoms with Gasteiger partial charge >= 0.3 is 17.8 Å². The smallest absolute Gasteiger partial charge is 0.335 e. The van der Waals surface area contributed by atoms with E-state index in [0.29, 0.717) is 34.8 Å². The fraction of sp³-hybridized carbons (Fsp3) is 0.591. The van der Waals surface area contributed by atoms with Gasteiger partial charge in [-0.2, -0.15) is 0 Å². The Kier molecular flexibility index (Phi) is 4.12. The van der Waals surface area contributed by atoms with Gasteiger partial charge in [0.15, 0.2) is 0 Å². The lowest BCUT2D eigenvalue weighted by Gasteiger charge is -2.58. The fourth-order valence-electron chi connectivity index (χ4n) is 6.58. The molecule has 7 nitrogen and oxygen atoms in total. The highest BCUT2D eigenvalue weighted by Gasteiger charge is 2.61. The molecule has 0 unspecified atom stereocenters. The SMILES string of the molecule is COc1ccc(OC)c(CN2C(=O)C(=O)N(C34CC5CC(CC(C5)C3)C4)C2=O)c1. The van der Waals surface area contributed by atoms with Crippen LogP contribution in [0.5, 0.6) is 11.5 Å². The zero-order chi connectivity index (χ0) is 20.3. The molecule has 0 N–H and O–H groups in total. The number of amides is 4. The second-order valence-electron chi connectivity index (χ2n) is 9.13. The molecule has 1 heterocycles. The van der Waals surface area contributed by atoms with Gasteiger partial charge in [-0.05, 0) is 74.5 Å². The first kappa shape index (κ1) is 18.5. The van der Waals surface area contributed by atoms with Crippen LogP contribution in [0.3, 0.4) is 0 Å². The minimum atomic E-state index is -0.740. The van der Waals surface area contributed by atoms with Crippen molar-refractivity contribution in [2.75, 3.05) is 14.2 Å². The van der Waals surface area contributed by atoms with Crippen LogP contribution in [0.2, 0.25) is 0 Å². The van der Waals surface area contributed by atoms with Crippen LogP contribution in [0.25, 0.3) is 0 Å². The summed E-state index contributed by atoms with van der Waals surface area (Å²) in [5.74, 6) is 1.46. The topological polar surface area (TPSA) is 76.2 Å². The van der Waals surface area contributed by atoms with E-state index in [1.165, 1.54) is 31.3 Å². The lowest BCUT2D eigenvalue weighted by atomic mass is 9.52. The minimum absolute atomic E-state index is 0.00730. The number of rotatable bonds is 5. The molecule has 1 saturated heterocycles. The molecular formula is C22H26N2O5. The van der Waals surface area contributed by atoms with Crippen LogP contribution >= 0.6 is 0 Å². The lowest BCUT2D eigenvalue weighted by molar-refractivity contribution is -0.150. The van der Waals surface area contributed by atoms with Crippen molar-refractivity contribution in [3.05, 3.63) is 23.8 Å². The van der Waals surface area contributed by atoms with E-state index in [2.05, 4.69) is 0 Å². The summed E-state index contributed by atoms with van der Waals surface area (Å²) in [6.07, 6.45) is 6.15. The van der Waals surface area contributed by atoms with E-state index in [-0.39, 0.29) is 6.54 Å². The summed E-state index contributed by atoms with van der Waals surface area (Å²) < 4.78 is 10.6. The summed E-state index contributed by atoms with van der Waals surface area (Å²) in [5.41, 5.74) is 0.167. The molecule has 7 heteroatoms. The maximum Gasteiger partial charge on any atom is 0.335 e. The van der Waals surface area contributed by atoms with Crippen molar-refractivity contribution in [2.45, 2.75) is 50.6 Å². The van der Waals surface area contributed by atoms with Gasteiger partial charge in [-0.3, -0.25) is 14.5 Å². The van der Waals surface area contributed by atoms with Gasteiger partial charge in [0.05, 0.1) is 26.3 Å². The molecule has 4 amide bonds. The zero-order valence-electron chi connectivity index (χ0n) is 16.8. The molecule has 0 spiro atoms. The number of carbonyl (C=O) groups is 3. The number of hydrogen-bond donors (Lipinski definition) is 0. The van der Waals surface area contributed by atoms with Crippen molar-refractivity contribution in [3.8, 4) is 11.5 Å². The third-order valence-electron chi connectivity index (χ3n) is 7.35. The molecule has 4 bridgehead atoms. The van der Waals surface area contributed by atoms with E-state index < -0.39 is 23.4 Å². The summed E-state index contributed by atoms with van der Waals surface area (Å²) in [6, 6.07) is 4.74. The van der Waals surface area contributed by atoms with Gasteiger partial charge in [-0.15, -0.1) is 0 Å². The summed E-state index contributed by atoms with van der Waals surface area (Å²) >= 11 is 0. The average molecular weight is 398 g/mol. The number of nitrogens with zero attached hydrogens (tertiary/aromatic N) is 2. The van der Waals surface area contributed by atoms with Gasteiger partial charge in [-0.25, -0.2) is 9.69 Å². The summed E-state index contributed by atoms with van der Waals surface area (Å²) in [6.45, 7) is -0.00730. The van der Waals surface area contributed by atoms with Crippen molar-refractivity contribution < 1.29 is 23.9 Å². The van der Waals surface area contributed by atoms with Crippen molar-refractivity contribution in [1.82, 2.24) is 9.80 Å². The number of imide groups is 2. The summed E-state index contributed by atoms with van der Waals surface area (Å²) in [5, 5.41) is 0. The van der Waals surface area contributed by atoms with E-state index in [4.69, 9.17) is 9.47 Å².